The van der Waals surface area contributed by atoms with Gasteiger partial charge in [0.25, 0.3) is 0 Å². The molecule has 1 heterocycles. The second-order valence-electron chi connectivity index (χ2n) is 2.78. The molecule has 0 amide bonds. The molecule has 1 aromatic heterocycles. The van der Waals surface area contributed by atoms with Crippen molar-refractivity contribution >= 4 is 0 Å². The van der Waals surface area contributed by atoms with Crippen LogP contribution in [0.1, 0.15) is 5.56 Å². The van der Waals surface area contributed by atoms with E-state index in [0.717, 1.165) is 5.69 Å². The number of hydrogen-bond acceptors (Lipinski definition) is 2. The standard InChI is InChI=1S/C10H6FN3/c11-9-5-7(1-2-8(9)6-12)10-3-4-13-14-10/h1-5H,(H,13,14). The van der Waals surface area contributed by atoms with Gasteiger partial charge in [-0.1, -0.05) is 6.07 Å². The maximum Gasteiger partial charge on any atom is 0.141 e. The fraction of sp³-hybridized carbons (Fsp3) is 0. The molecule has 0 atom stereocenters. The van der Waals surface area contributed by atoms with Crippen molar-refractivity contribution in [2.75, 3.05) is 0 Å². The smallest absolute Gasteiger partial charge is 0.141 e. The number of aromatic nitrogens is 2. The van der Waals surface area contributed by atoms with E-state index in [1.165, 1.54) is 12.1 Å². The highest BCUT2D eigenvalue weighted by Crippen LogP contribution is 2.18. The van der Waals surface area contributed by atoms with Crippen LogP contribution in [0, 0.1) is 17.1 Å². The fourth-order valence-electron chi connectivity index (χ4n) is 1.19. The van der Waals surface area contributed by atoms with Crippen molar-refractivity contribution < 1.29 is 4.39 Å². The molecular weight excluding hydrogens is 181 g/mol. The summed E-state index contributed by atoms with van der Waals surface area (Å²) in [6.45, 7) is 0. The molecule has 0 spiro atoms. The van der Waals surface area contributed by atoms with Crippen LogP contribution >= 0.6 is 0 Å². The minimum atomic E-state index is -0.514. The Hall–Kier alpha value is -2.15. The summed E-state index contributed by atoms with van der Waals surface area (Å²) >= 11 is 0. The first-order valence-electron chi connectivity index (χ1n) is 4.00. The average Bonchev–Trinajstić information content (AvgIpc) is 2.70. The van der Waals surface area contributed by atoms with Crippen LogP contribution < -0.4 is 0 Å². The minimum absolute atomic E-state index is 0.0493. The Morgan fingerprint density at radius 2 is 2.21 bits per heavy atom. The zero-order valence-corrected chi connectivity index (χ0v) is 7.16. The number of nitrogens with zero attached hydrogens (tertiary/aromatic N) is 2. The molecule has 0 unspecified atom stereocenters. The van der Waals surface area contributed by atoms with Gasteiger partial charge >= 0.3 is 0 Å². The average molecular weight is 187 g/mol. The van der Waals surface area contributed by atoms with Crippen LogP contribution in [-0.2, 0) is 0 Å². The Labute approximate surface area is 79.8 Å². The lowest BCUT2D eigenvalue weighted by Crippen LogP contribution is -1.85. The SMILES string of the molecule is N#Cc1ccc(-c2ccn[nH]2)cc1F. The van der Waals surface area contributed by atoms with Gasteiger partial charge in [0.05, 0.1) is 11.3 Å². The quantitative estimate of drug-likeness (QED) is 0.743. The summed E-state index contributed by atoms with van der Waals surface area (Å²) in [7, 11) is 0. The van der Waals surface area contributed by atoms with Gasteiger partial charge < -0.3 is 0 Å². The second-order valence-corrected chi connectivity index (χ2v) is 2.78. The van der Waals surface area contributed by atoms with Crippen molar-refractivity contribution in [3.63, 3.8) is 0 Å². The maximum absolute atomic E-state index is 13.2. The van der Waals surface area contributed by atoms with Gasteiger partial charge in [0, 0.05) is 11.8 Å². The lowest BCUT2D eigenvalue weighted by molar-refractivity contribution is 0.624. The summed E-state index contributed by atoms with van der Waals surface area (Å²) < 4.78 is 13.2. The molecule has 0 aliphatic carbocycles. The number of halogens is 1. The summed E-state index contributed by atoms with van der Waals surface area (Å²) in [4.78, 5) is 0. The molecular formula is C10H6FN3. The van der Waals surface area contributed by atoms with E-state index in [-0.39, 0.29) is 5.56 Å². The number of nitriles is 1. The predicted octanol–water partition coefficient (Wildman–Crippen LogP) is 2.09. The Bertz CT molecular complexity index is 483. The van der Waals surface area contributed by atoms with Crippen LogP contribution in [0.4, 0.5) is 4.39 Å². The molecule has 0 radical (unpaired) electrons. The minimum Gasteiger partial charge on any atom is -0.278 e. The molecule has 0 saturated heterocycles. The normalized spacial score (nSPS) is 9.71. The predicted molar refractivity (Wildman–Crippen MR) is 48.7 cm³/mol. The fourth-order valence-corrected chi connectivity index (χ4v) is 1.19. The van der Waals surface area contributed by atoms with Crippen LogP contribution in [0.25, 0.3) is 11.3 Å². The molecule has 0 bridgehead atoms. The van der Waals surface area contributed by atoms with E-state index in [1.54, 1.807) is 24.4 Å². The number of hydrogen-bond donors (Lipinski definition) is 1. The zero-order valence-electron chi connectivity index (χ0n) is 7.16. The third kappa shape index (κ3) is 1.36. The van der Waals surface area contributed by atoms with E-state index < -0.39 is 5.82 Å². The highest BCUT2D eigenvalue weighted by atomic mass is 19.1. The molecule has 0 saturated carbocycles. The van der Waals surface area contributed by atoms with Gasteiger partial charge in [-0.25, -0.2) is 4.39 Å². The molecule has 4 heteroatoms. The van der Waals surface area contributed by atoms with Gasteiger partial charge in [0.15, 0.2) is 0 Å². The highest BCUT2D eigenvalue weighted by Gasteiger charge is 2.04. The van der Waals surface area contributed by atoms with Crippen molar-refractivity contribution in [1.29, 1.82) is 5.26 Å². The third-order valence-electron chi connectivity index (χ3n) is 1.90. The number of rotatable bonds is 1. The number of H-pyrrole nitrogens is 1. The van der Waals surface area contributed by atoms with Gasteiger partial charge in [0.2, 0.25) is 0 Å². The number of nitrogens with one attached hydrogen (secondary N) is 1. The van der Waals surface area contributed by atoms with Crippen LogP contribution in [-0.4, -0.2) is 10.2 Å². The van der Waals surface area contributed by atoms with E-state index in [2.05, 4.69) is 10.2 Å². The van der Waals surface area contributed by atoms with Gasteiger partial charge in [-0.2, -0.15) is 10.4 Å². The summed E-state index contributed by atoms with van der Waals surface area (Å²) in [5.74, 6) is -0.514. The lowest BCUT2D eigenvalue weighted by atomic mass is 10.1. The van der Waals surface area contributed by atoms with Crippen molar-refractivity contribution in [2.45, 2.75) is 0 Å². The van der Waals surface area contributed by atoms with Gasteiger partial charge in [0.1, 0.15) is 11.9 Å². The first-order valence-corrected chi connectivity index (χ1v) is 4.00. The first kappa shape index (κ1) is 8.45. The maximum atomic E-state index is 13.2. The van der Waals surface area contributed by atoms with Crippen LogP contribution in [0.5, 0.6) is 0 Å². The zero-order chi connectivity index (χ0) is 9.97. The monoisotopic (exact) mass is 187 g/mol. The third-order valence-corrected chi connectivity index (χ3v) is 1.90. The first-order chi connectivity index (χ1) is 6.81. The molecule has 14 heavy (non-hydrogen) atoms. The largest absolute Gasteiger partial charge is 0.278 e. The summed E-state index contributed by atoms with van der Waals surface area (Å²) in [5.41, 5.74) is 1.46. The van der Waals surface area contributed by atoms with Gasteiger partial charge in [-0.15, -0.1) is 0 Å². The molecule has 1 N–H and O–H groups in total. The number of aromatic amines is 1. The topological polar surface area (TPSA) is 52.5 Å². The summed E-state index contributed by atoms with van der Waals surface area (Å²) in [6, 6.07) is 7.94. The van der Waals surface area contributed by atoms with Crippen LogP contribution in [0.2, 0.25) is 0 Å². The van der Waals surface area contributed by atoms with E-state index in [1.807, 2.05) is 0 Å². The molecule has 1 aromatic carbocycles. The Morgan fingerprint density at radius 3 is 2.79 bits per heavy atom. The Kier molecular flexibility index (Phi) is 1.99. The van der Waals surface area contributed by atoms with E-state index in [9.17, 15) is 4.39 Å². The van der Waals surface area contributed by atoms with E-state index in [4.69, 9.17) is 5.26 Å². The van der Waals surface area contributed by atoms with Crippen LogP contribution in [0.15, 0.2) is 30.5 Å². The molecule has 0 aliphatic heterocycles. The van der Waals surface area contributed by atoms with Crippen molar-refractivity contribution in [1.82, 2.24) is 10.2 Å². The molecule has 0 aliphatic rings. The van der Waals surface area contributed by atoms with Crippen molar-refractivity contribution in [3.05, 3.63) is 41.8 Å². The van der Waals surface area contributed by atoms with Gasteiger partial charge in [-0.05, 0) is 18.2 Å². The Balaban J connectivity index is 2.49. The van der Waals surface area contributed by atoms with E-state index >= 15 is 0 Å². The molecule has 68 valence electrons. The van der Waals surface area contributed by atoms with Gasteiger partial charge in [-0.3, -0.25) is 5.10 Å². The molecule has 2 rings (SSSR count). The molecule has 2 aromatic rings. The molecule has 0 fully saturated rings. The summed E-state index contributed by atoms with van der Waals surface area (Å²) in [6.07, 6.45) is 1.59. The number of benzene rings is 1. The highest BCUT2D eigenvalue weighted by molar-refractivity contribution is 5.59. The van der Waals surface area contributed by atoms with Crippen molar-refractivity contribution in [2.24, 2.45) is 0 Å². The van der Waals surface area contributed by atoms with Crippen molar-refractivity contribution in [3.8, 4) is 17.3 Å². The lowest BCUT2D eigenvalue weighted by Gasteiger charge is -1.98. The summed E-state index contributed by atoms with van der Waals surface area (Å²) in [5, 5.41) is 15.0. The second kappa shape index (κ2) is 3.30. The Morgan fingerprint density at radius 1 is 1.36 bits per heavy atom. The van der Waals surface area contributed by atoms with Crippen LogP contribution in [0.3, 0.4) is 0 Å². The van der Waals surface area contributed by atoms with E-state index in [0.29, 0.717) is 5.56 Å². The molecule has 3 nitrogen and oxygen atoms in total.